The molecule has 4 aromatic rings. The van der Waals surface area contributed by atoms with Crippen molar-refractivity contribution in [1.29, 1.82) is 0 Å². The Balaban J connectivity index is 1.49. The van der Waals surface area contributed by atoms with Crippen LogP contribution in [0.4, 0.5) is 0 Å². The molecule has 0 aromatic heterocycles. The molecule has 0 amide bonds. The Morgan fingerprint density at radius 2 is 1.17 bits per heavy atom. The largest absolute Gasteiger partial charge is 0.527 e. The molecule has 6 heteroatoms. The van der Waals surface area contributed by atoms with E-state index in [4.69, 9.17) is 9.47 Å². The van der Waals surface area contributed by atoms with Crippen LogP contribution in [0.2, 0.25) is 0 Å². The lowest BCUT2D eigenvalue weighted by atomic mass is 9.74. The quantitative estimate of drug-likeness (QED) is 0.192. The zero-order chi connectivity index (χ0) is 25.7. The van der Waals surface area contributed by atoms with Crippen LogP contribution in [-0.2, 0) is 5.41 Å². The van der Waals surface area contributed by atoms with Crippen LogP contribution < -0.4 is 9.47 Å². The first kappa shape index (κ1) is 24.5. The molecule has 0 saturated heterocycles. The first-order valence-electron chi connectivity index (χ1n) is 11.5. The molecule has 1 atom stereocenters. The highest BCUT2D eigenvalue weighted by Crippen LogP contribution is 2.37. The van der Waals surface area contributed by atoms with Gasteiger partial charge >= 0.3 is 11.9 Å². The van der Waals surface area contributed by atoms with Gasteiger partial charge < -0.3 is 19.7 Å². The minimum Gasteiger partial charge on any atom is -0.507 e. The van der Waals surface area contributed by atoms with Gasteiger partial charge in [0.25, 0.3) is 0 Å². The summed E-state index contributed by atoms with van der Waals surface area (Å²) in [4.78, 5) is 22.7. The van der Waals surface area contributed by atoms with Crippen molar-refractivity contribution in [2.75, 3.05) is 0 Å². The summed E-state index contributed by atoms with van der Waals surface area (Å²) in [5, 5.41) is 19.8. The maximum Gasteiger partial charge on any atom is 0.527 e. The molecule has 0 saturated carbocycles. The Morgan fingerprint density at radius 1 is 0.722 bits per heavy atom. The highest BCUT2D eigenvalue weighted by Gasteiger charge is 2.28. The van der Waals surface area contributed by atoms with Crippen molar-refractivity contribution in [1.82, 2.24) is 0 Å². The van der Waals surface area contributed by atoms with Crippen LogP contribution in [0, 0.1) is 0 Å². The summed E-state index contributed by atoms with van der Waals surface area (Å²) in [6.45, 7) is 4.21. The highest BCUT2D eigenvalue weighted by molar-refractivity contribution is 5.94. The zero-order valence-electron chi connectivity index (χ0n) is 20.0. The summed E-state index contributed by atoms with van der Waals surface area (Å²) in [5.74, 6) is -0.392. The van der Waals surface area contributed by atoms with E-state index in [9.17, 15) is 19.8 Å². The average Bonchev–Trinajstić information content (AvgIpc) is 2.89. The highest BCUT2D eigenvalue weighted by atomic mass is 16.5. The van der Waals surface area contributed by atoms with Crippen LogP contribution in [0.1, 0.15) is 47.3 Å². The molecule has 1 unspecified atom stereocenters. The molecule has 0 aliphatic heterocycles. The van der Waals surface area contributed by atoms with Crippen molar-refractivity contribution >= 4 is 11.9 Å². The normalized spacial score (nSPS) is 12.4. The molecule has 0 aliphatic carbocycles. The molecule has 3 N–H and O–H groups in total. The third-order valence-corrected chi connectivity index (χ3v) is 6.37. The van der Waals surface area contributed by atoms with E-state index in [0.717, 1.165) is 17.5 Å². The first-order valence-corrected chi connectivity index (χ1v) is 11.5. The number of carbonyl (C=O) groups excluding carboxylic acids is 2. The summed E-state index contributed by atoms with van der Waals surface area (Å²) in [7, 11) is 0. The minimum atomic E-state index is -0.626. The Kier molecular flexibility index (Phi) is 7.06. The second kappa shape index (κ2) is 10.4. The fourth-order valence-electron chi connectivity index (χ4n) is 3.99. The van der Waals surface area contributed by atoms with E-state index in [-0.39, 0.29) is 34.0 Å². The summed E-state index contributed by atoms with van der Waals surface area (Å²) in [5.41, 5.74) is 2.06. The third kappa shape index (κ3) is 5.08. The lowest BCUT2D eigenvalue weighted by Crippen LogP contribution is -2.22. The summed E-state index contributed by atoms with van der Waals surface area (Å²) < 4.78 is 11.0. The van der Waals surface area contributed by atoms with Gasteiger partial charge in [-0.1, -0.05) is 62.4 Å². The molecular formula is C30H27O6+. The average molecular weight is 484 g/mol. The summed E-state index contributed by atoms with van der Waals surface area (Å²) in [6.07, 6.45) is 0.805. The van der Waals surface area contributed by atoms with Crippen LogP contribution in [0.3, 0.4) is 0 Å². The second-order valence-electron chi connectivity index (χ2n) is 8.57. The third-order valence-electron chi connectivity index (χ3n) is 6.37. The van der Waals surface area contributed by atoms with Crippen molar-refractivity contribution in [2.24, 2.45) is 0 Å². The van der Waals surface area contributed by atoms with Crippen molar-refractivity contribution < 1.29 is 29.3 Å². The van der Waals surface area contributed by atoms with E-state index in [0.29, 0.717) is 11.5 Å². The van der Waals surface area contributed by atoms with Crippen LogP contribution in [0.5, 0.6) is 23.0 Å². The van der Waals surface area contributed by atoms with E-state index >= 15 is 0 Å². The summed E-state index contributed by atoms with van der Waals surface area (Å²) in [6, 6.07) is 27.3. The Morgan fingerprint density at radius 3 is 1.64 bits per heavy atom. The zero-order valence-corrected chi connectivity index (χ0v) is 20.0. The molecular weight excluding hydrogens is 456 g/mol. The van der Waals surface area contributed by atoms with Gasteiger partial charge in [-0.25, -0.2) is 4.79 Å². The van der Waals surface area contributed by atoms with Crippen molar-refractivity contribution in [2.45, 2.75) is 25.7 Å². The van der Waals surface area contributed by atoms with E-state index in [2.05, 4.69) is 13.8 Å². The van der Waals surface area contributed by atoms with Crippen molar-refractivity contribution in [3.8, 4) is 23.0 Å². The van der Waals surface area contributed by atoms with Gasteiger partial charge in [-0.05, 0) is 53.9 Å². The molecule has 0 aliphatic rings. The fraction of sp³-hybridized carbons (Fsp3) is 0.133. The van der Waals surface area contributed by atoms with Crippen LogP contribution in [-0.4, -0.2) is 26.9 Å². The smallest absolute Gasteiger partial charge is 0.507 e. The van der Waals surface area contributed by atoms with Gasteiger partial charge in [0, 0.05) is 17.5 Å². The number of benzene rings is 4. The molecule has 0 fully saturated rings. The van der Waals surface area contributed by atoms with E-state index in [1.807, 2.05) is 24.3 Å². The van der Waals surface area contributed by atoms with E-state index < -0.39 is 5.97 Å². The van der Waals surface area contributed by atoms with Gasteiger partial charge in [0.05, 0.1) is 0 Å². The van der Waals surface area contributed by atoms with E-state index in [1.165, 1.54) is 18.2 Å². The molecule has 182 valence electrons. The number of phenolic OH excluding ortho intramolecular Hbond substituents is 2. The summed E-state index contributed by atoms with van der Waals surface area (Å²) >= 11 is 0. The van der Waals surface area contributed by atoms with Gasteiger partial charge in [0.2, 0.25) is 5.75 Å². The van der Waals surface area contributed by atoms with Gasteiger partial charge in [0.1, 0.15) is 22.8 Å². The number of hydrogen-bond acceptors (Lipinski definition) is 5. The minimum absolute atomic E-state index is 0.0696. The lowest BCUT2D eigenvalue weighted by Gasteiger charge is -2.29. The van der Waals surface area contributed by atoms with E-state index in [1.54, 1.807) is 54.6 Å². The molecule has 6 nitrogen and oxygen atoms in total. The number of para-hydroxylation sites is 2. The number of ether oxygens (including phenoxy) is 2. The number of rotatable bonds is 7. The number of esters is 2. The van der Waals surface area contributed by atoms with Crippen LogP contribution in [0.15, 0.2) is 97.1 Å². The maximum atomic E-state index is 12.4. The molecule has 36 heavy (non-hydrogen) atoms. The monoisotopic (exact) mass is 483 g/mol. The number of phenols is 2. The molecule has 4 aromatic carbocycles. The molecule has 0 bridgehead atoms. The standard InChI is InChI=1S/C30H26O6/c1-3-30(2,20-12-16-22(17-13-20)35-28(33)24-8-4-6-10-26(24)31)21-14-18-23(19-15-21)36-29(34)25-9-5-7-11-27(25)32/h4-19,31-32H,3H2,1-2H3/p+1. The van der Waals surface area contributed by atoms with Gasteiger partial charge in [-0.15, -0.1) is 0 Å². The van der Waals surface area contributed by atoms with Crippen LogP contribution in [0.25, 0.3) is 0 Å². The van der Waals surface area contributed by atoms with Gasteiger partial charge in [-0.3, -0.25) is 4.74 Å². The Labute approximate surface area is 209 Å². The Hall–Kier alpha value is -4.58. The predicted molar refractivity (Wildman–Crippen MR) is 137 cm³/mol. The molecule has 0 heterocycles. The Bertz CT molecular complexity index is 1270. The van der Waals surface area contributed by atoms with Crippen molar-refractivity contribution in [3.63, 3.8) is 0 Å². The SMILES string of the molecule is CCC(C)(c1ccc(OC(=O)c2ccccc2O)cc1)c1ccc(OC(=[OH+])c2ccccc2O)cc1. The topological polar surface area (TPSA) is 97.4 Å². The van der Waals surface area contributed by atoms with Gasteiger partial charge in [-0.2, -0.15) is 0 Å². The lowest BCUT2D eigenvalue weighted by molar-refractivity contribution is 0.0731. The molecule has 0 spiro atoms. The van der Waals surface area contributed by atoms with Gasteiger partial charge in [0.15, 0.2) is 5.56 Å². The maximum absolute atomic E-state index is 12.4. The first-order chi connectivity index (χ1) is 17.3. The van der Waals surface area contributed by atoms with Crippen molar-refractivity contribution in [3.05, 3.63) is 119 Å². The number of carbonyl (C=O) groups is 1. The van der Waals surface area contributed by atoms with Crippen LogP contribution >= 0.6 is 0 Å². The molecule has 4 rings (SSSR count). The predicted octanol–water partition coefficient (Wildman–Crippen LogP) is 5.96. The molecule has 0 radical (unpaired) electrons. The fourth-order valence-corrected chi connectivity index (χ4v) is 3.99. The second-order valence-corrected chi connectivity index (χ2v) is 8.57. The number of aromatic hydroxyl groups is 2. The number of hydrogen-bond donors (Lipinski definition) is 2.